The van der Waals surface area contributed by atoms with E-state index in [1.807, 2.05) is 12.1 Å². The molecule has 0 bridgehead atoms. The van der Waals surface area contributed by atoms with E-state index >= 15 is 0 Å². The lowest BCUT2D eigenvalue weighted by Crippen LogP contribution is -2.37. The van der Waals surface area contributed by atoms with Crippen LogP contribution in [0.1, 0.15) is 17.2 Å². The third kappa shape index (κ3) is 4.26. The molecule has 1 saturated heterocycles. The van der Waals surface area contributed by atoms with Crippen LogP contribution >= 0.6 is 15.9 Å². The van der Waals surface area contributed by atoms with Gasteiger partial charge in [0.15, 0.2) is 0 Å². The molecule has 4 nitrogen and oxygen atoms in total. The Morgan fingerprint density at radius 2 is 2.11 bits per heavy atom. The van der Waals surface area contributed by atoms with Crippen LogP contribution in [0.15, 0.2) is 22.7 Å². The van der Waals surface area contributed by atoms with Crippen molar-refractivity contribution in [2.24, 2.45) is 5.73 Å². The maximum absolute atomic E-state index is 9.06. The fraction of sp³-hybridized carbons (Fsp3) is 0.571. The van der Waals surface area contributed by atoms with Gasteiger partial charge in [0.1, 0.15) is 0 Å². The van der Waals surface area contributed by atoms with Crippen molar-refractivity contribution >= 4 is 15.9 Å². The van der Waals surface area contributed by atoms with Crippen molar-refractivity contribution in [2.45, 2.75) is 12.5 Å². The van der Waals surface area contributed by atoms with Crippen LogP contribution < -0.4 is 5.73 Å². The van der Waals surface area contributed by atoms with Crippen LogP contribution in [0.5, 0.6) is 0 Å². The van der Waals surface area contributed by atoms with Crippen molar-refractivity contribution in [2.75, 3.05) is 39.5 Å². The lowest BCUT2D eigenvalue weighted by molar-refractivity contribution is 0.0384. The van der Waals surface area contributed by atoms with Crippen molar-refractivity contribution in [3.05, 3.63) is 33.8 Å². The highest BCUT2D eigenvalue weighted by Gasteiger charge is 2.12. The van der Waals surface area contributed by atoms with Crippen LogP contribution in [0.25, 0.3) is 0 Å². The molecule has 5 heteroatoms. The number of hydrogen-bond acceptors (Lipinski definition) is 4. The third-order valence-electron chi connectivity index (χ3n) is 3.50. The minimum atomic E-state index is -0.301. The zero-order valence-corrected chi connectivity index (χ0v) is 12.6. The van der Waals surface area contributed by atoms with E-state index in [-0.39, 0.29) is 12.6 Å². The lowest BCUT2D eigenvalue weighted by Gasteiger charge is -2.26. The molecule has 0 spiro atoms. The summed E-state index contributed by atoms with van der Waals surface area (Å²) in [6.07, 6.45) is 1.01. The summed E-state index contributed by atoms with van der Waals surface area (Å²) in [7, 11) is 0. The molecule has 0 radical (unpaired) electrons. The van der Waals surface area contributed by atoms with Gasteiger partial charge in [-0.3, -0.25) is 4.90 Å². The largest absolute Gasteiger partial charge is 0.394 e. The average Bonchev–Trinajstić information content (AvgIpc) is 2.46. The lowest BCUT2D eigenvalue weighted by atomic mass is 10.0. The molecule has 1 heterocycles. The van der Waals surface area contributed by atoms with Gasteiger partial charge in [-0.05, 0) is 23.6 Å². The summed E-state index contributed by atoms with van der Waals surface area (Å²) in [5.74, 6) is 0. The SMILES string of the molecule is NC(CO)c1ccc(CCN2CCOCC2)c(Br)c1. The topological polar surface area (TPSA) is 58.7 Å². The molecule has 1 aliphatic heterocycles. The summed E-state index contributed by atoms with van der Waals surface area (Å²) in [6.45, 7) is 4.74. The summed E-state index contributed by atoms with van der Waals surface area (Å²) in [4.78, 5) is 2.42. The molecule has 3 N–H and O–H groups in total. The molecule has 19 heavy (non-hydrogen) atoms. The number of nitrogens with zero attached hydrogens (tertiary/aromatic N) is 1. The van der Waals surface area contributed by atoms with Gasteiger partial charge in [-0.25, -0.2) is 0 Å². The summed E-state index contributed by atoms with van der Waals surface area (Å²) < 4.78 is 6.41. The van der Waals surface area contributed by atoms with Crippen LogP contribution in [-0.2, 0) is 11.2 Å². The Kier molecular flexibility index (Phi) is 5.78. The molecular weight excluding hydrogens is 308 g/mol. The van der Waals surface area contributed by atoms with E-state index in [1.165, 1.54) is 5.56 Å². The van der Waals surface area contributed by atoms with E-state index < -0.39 is 0 Å². The number of rotatable bonds is 5. The van der Waals surface area contributed by atoms with E-state index in [1.54, 1.807) is 0 Å². The molecule has 1 aromatic rings. The second-order valence-electron chi connectivity index (χ2n) is 4.84. The fourth-order valence-electron chi connectivity index (χ4n) is 2.21. The van der Waals surface area contributed by atoms with Gasteiger partial charge in [0, 0.05) is 24.1 Å². The summed E-state index contributed by atoms with van der Waals surface area (Å²) >= 11 is 3.59. The Morgan fingerprint density at radius 3 is 2.74 bits per heavy atom. The average molecular weight is 329 g/mol. The van der Waals surface area contributed by atoms with Gasteiger partial charge < -0.3 is 15.6 Å². The smallest absolute Gasteiger partial charge is 0.0624 e. The third-order valence-corrected chi connectivity index (χ3v) is 4.24. The van der Waals surface area contributed by atoms with Gasteiger partial charge in [0.25, 0.3) is 0 Å². The number of benzene rings is 1. The first-order chi connectivity index (χ1) is 9.20. The molecular formula is C14H21BrN2O2. The zero-order valence-electron chi connectivity index (χ0n) is 11.0. The molecule has 1 unspecified atom stereocenters. The minimum Gasteiger partial charge on any atom is -0.394 e. The van der Waals surface area contributed by atoms with E-state index in [4.69, 9.17) is 15.6 Å². The quantitative estimate of drug-likeness (QED) is 0.855. The van der Waals surface area contributed by atoms with Crippen molar-refractivity contribution in [1.29, 1.82) is 0 Å². The van der Waals surface area contributed by atoms with E-state index in [9.17, 15) is 0 Å². The predicted molar refractivity (Wildman–Crippen MR) is 79.1 cm³/mol. The van der Waals surface area contributed by atoms with Crippen LogP contribution in [0, 0.1) is 0 Å². The van der Waals surface area contributed by atoms with Crippen molar-refractivity contribution < 1.29 is 9.84 Å². The Balaban J connectivity index is 1.93. The molecule has 1 atom stereocenters. The Bertz CT molecular complexity index is 408. The molecule has 1 aliphatic rings. The molecule has 0 aromatic heterocycles. The number of aliphatic hydroxyl groups excluding tert-OH is 1. The molecule has 0 amide bonds. The fourth-order valence-corrected chi connectivity index (χ4v) is 2.80. The molecule has 0 aliphatic carbocycles. The highest BCUT2D eigenvalue weighted by molar-refractivity contribution is 9.10. The summed E-state index contributed by atoms with van der Waals surface area (Å²) in [5, 5.41) is 9.06. The highest BCUT2D eigenvalue weighted by atomic mass is 79.9. The first-order valence-corrected chi connectivity index (χ1v) is 7.45. The minimum absolute atomic E-state index is 0.0282. The summed E-state index contributed by atoms with van der Waals surface area (Å²) in [5.41, 5.74) is 8.05. The van der Waals surface area contributed by atoms with E-state index in [0.717, 1.165) is 49.3 Å². The number of ether oxygens (including phenoxy) is 1. The zero-order chi connectivity index (χ0) is 13.7. The van der Waals surface area contributed by atoms with E-state index in [0.29, 0.717) is 0 Å². The molecule has 1 aromatic carbocycles. The Morgan fingerprint density at radius 1 is 1.37 bits per heavy atom. The van der Waals surface area contributed by atoms with Gasteiger partial charge >= 0.3 is 0 Å². The first-order valence-electron chi connectivity index (χ1n) is 6.65. The van der Waals surface area contributed by atoms with Crippen LogP contribution in [0.2, 0.25) is 0 Å². The van der Waals surface area contributed by atoms with Crippen molar-refractivity contribution in [3.8, 4) is 0 Å². The van der Waals surface area contributed by atoms with Crippen molar-refractivity contribution in [3.63, 3.8) is 0 Å². The number of morpholine rings is 1. The molecule has 1 fully saturated rings. The summed E-state index contributed by atoms with van der Waals surface area (Å²) in [6, 6.07) is 5.80. The van der Waals surface area contributed by atoms with Crippen LogP contribution in [-0.4, -0.2) is 49.5 Å². The monoisotopic (exact) mass is 328 g/mol. The number of aliphatic hydroxyl groups is 1. The maximum atomic E-state index is 9.06. The van der Waals surface area contributed by atoms with Crippen molar-refractivity contribution in [1.82, 2.24) is 4.90 Å². The van der Waals surface area contributed by atoms with Gasteiger partial charge in [-0.15, -0.1) is 0 Å². The van der Waals surface area contributed by atoms with Gasteiger partial charge in [-0.2, -0.15) is 0 Å². The predicted octanol–water partition coefficient (Wildman–Crippen LogP) is 1.32. The second-order valence-corrected chi connectivity index (χ2v) is 5.70. The van der Waals surface area contributed by atoms with E-state index in [2.05, 4.69) is 26.9 Å². The number of nitrogens with two attached hydrogens (primary N) is 1. The maximum Gasteiger partial charge on any atom is 0.0624 e. The Labute approximate surface area is 122 Å². The molecule has 2 rings (SSSR count). The standard InChI is InChI=1S/C14H21BrN2O2/c15-13-9-12(14(16)10-18)2-1-11(13)3-4-17-5-7-19-8-6-17/h1-2,9,14,18H,3-8,10,16H2. The first kappa shape index (κ1) is 14.9. The second kappa shape index (κ2) is 7.36. The van der Waals surface area contributed by atoms with Gasteiger partial charge in [0.2, 0.25) is 0 Å². The van der Waals surface area contributed by atoms with Gasteiger partial charge in [0.05, 0.1) is 25.9 Å². The molecule has 0 saturated carbocycles. The van der Waals surface area contributed by atoms with Crippen LogP contribution in [0.3, 0.4) is 0 Å². The number of hydrogen-bond donors (Lipinski definition) is 2. The molecule has 106 valence electrons. The number of halogens is 1. The Hall–Kier alpha value is -0.460. The van der Waals surface area contributed by atoms with Crippen LogP contribution in [0.4, 0.5) is 0 Å². The normalized spacial score (nSPS) is 18.5. The highest BCUT2D eigenvalue weighted by Crippen LogP contribution is 2.22. The van der Waals surface area contributed by atoms with Gasteiger partial charge in [-0.1, -0.05) is 28.1 Å².